The number of hydrogen-bond donors (Lipinski definition) is 3. The number of halogens is 1. The van der Waals surface area contributed by atoms with Gasteiger partial charge >= 0.3 is 0 Å². The van der Waals surface area contributed by atoms with Crippen LogP contribution >= 0.6 is 15.9 Å². The van der Waals surface area contributed by atoms with Crippen LogP contribution in [-0.4, -0.2) is 29.3 Å². The Morgan fingerprint density at radius 1 is 1.44 bits per heavy atom. The van der Waals surface area contributed by atoms with Gasteiger partial charge < -0.3 is 15.5 Å². The zero-order chi connectivity index (χ0) is 13.2. The number of carbonyl (C=O) groups excluding carboxylic acids is 1. The molecule has 0 spiro atoms. The Morgan fingerprint density at radius 2 is 2.17 bits per heavy atom. The first-order valence-electron chi connectivity index (χ1n) is 5.94. The zero-order valence-electron chi connectivity index (χ0n) is 9.95. The average Bonchev–Trinajstić information content (AvgIpc) is 3.11. The maximum atomic E-state index is 11.9. The molecule has 2 rings (SSSR count). The number of rotatable bonds is 5. The van der Waals surface area contributed by atoms with Crippen LogP contribution in [0.3, 0.4) is 0 Å². The van der Waals surface area contributed by atoms with E-state index in [4.69, 9.17) is 5.11 Å². The highest BCUT2D eigenvalue weighted by molar-refractivity contribution is 9.10. The van der Waals surface area contributed by atoms with Gasteiger partial charge in [0.2, 0.25) is 0 Å². The number of carbonyl (C=O) groups is 1. The van der Waals surface area contributed by atoms with E-state index in [9.17, 15) is 9.90 Å². The van der Waals surface area contributed by atoms with Gasteiger partial charge in [-0.2, -0.15) is 0 Å². The number of benzene rings is 1. The second-order valence-electron chi connectivity index (χ2n) is 4.82. The van der Waals surface area contributed by atoms with Crippen LogP contribution in [0.5, 0.6) is 5.75 Å². The SMILES string of the molecule is O=C(NCC1(CCO)CC1)c1ccc(Br)c(O)c1. The van der Waals surface area contributed by atoms with Gasteiger partial charge in [-0.1, -0.05) is 0 Å². The smallest absolute Gasteiger partial charge is 0.251 e. The minimum Gasteiger partial charge on any atom is -0.507 e. The topological polar surface area (TPSA) is 69.6 Å². The first kappa shape index (κ1) is 13.4. The van der Waals surface area contributed by atoms with Gasteiger partial charge in [0.05, 0.1) is 4.47 Å². The van der Waals surface area contributed by atoms with Crippen LogP contribution in [0.4, 0.5) is 0 Å². The number of aromatic hydroxyl groups is 1. The molecule has 0 aliphatic heterocycles. The lowest BCUT2D eigenvalue weighted by Crippen LogP contribution is -2.30. The van der Waals surface area contributed by atoms with Gasteiger partial charge in [-0.05, 0) is 58.8 Å². The number of phenols is 1. The van der Waals surface area contributed by atoms with Crippen LogP contribution in [0.15, 0.2) is 22.7 Å². The average molecular weight is 314 g/mol. The summed E-state index contributed by atoms with van der Waals surface area (Å²) in [6.45, 7) is 0.748. The van der Waals surface area contributed by atoms with E-state index in [0.717, 1.165) is 19.3 Å². The van der Waals surface area contributed by atoms with Crippen molar-refractivity contribution in [3.8, 4) is 5.75 Å². The maximum Gasteiger partial charge on any atom is 0.251 e. The van der Waals surface area contributed by atoms with Crippen molar-refractivity contribution in [3.63, 3.8) is 0 Å². The molecule has 98 valence electrons. The van der Waals surface area contributed by atoms with Crippen LogP contribution in [0.1, 0.15) is 29.6 Å². The normalized spacial score (nSPS) is 16.3. The Labute approximate surface area is 114 Å². The van der Waals surface area contributed by atoms with E-state index in [-0.39, 0.29) is 23.7 Å². The molecule has 0 aromatic heterocycles. The summed E-state index contributed by atoms with van der Waals surface area (Å²) in [5, 5.41) is 21.3. The largest absolute Gasteiger partial charge is 0.507 e. The van der Waals surface area contributed by atoms with E-state index < -0.39 is 0 Å². The minimum absolute atomic E-state index is 0.0548. The highest BCUT2D eigenvalue weighted by Gasteiger charge is 2.41. The van der Waals surface area contributed by atoms with E-state index in [0.29, 0.717) is 16.6 Å². The number of nitrogens with one attached hydrogen (secondary N) is 1. The molecular weight excluding hydrogens is 298 g/mol. The van der Waals surface area contributed by atoms with Gasteiger partial charge in [-0.25, -0.2) is 0 Å². The monoisotopic (exact) mass is 313 g/mol. The molecular formula is C13H16BrNO3. The lowest BCUT2D eigenvalue weighted by atomic mass is 10.0. The third-order valence-electron chi connectivity index (χ3n) is 3.43. The van der Waals surface area contributed by atoms with Gasteiger partial charge in [-0.15, -0.1) is 0 Å². The lowest BCUT2D eigenvalue weighted by Gasteiger charge is -2.14. The number of hydrogen-bond acceptors (Lipinski definition) is 3. The molecule has 0 bridgehead atoms. The standard InChI is InChI=1S/C13H16BrNO3/c14-10-2-1-9(7-11(10)17)12(18)15-8-13(3-4-13)5-6-16/h1-2,7,16-17H,3-6,8H2,(H,15,18). The van der Waals surface area contributed by atoms with E-state index in [2.05, 4.69) is 21.2 Å². The Kier molecular flexibility index (Phi) is 3.92. The molecule has 1 saturated carbocycles. The number of aliphatic hydroxyl groups excluding tert-OH is 1. The molecule has 4 nitrogen and oxygen atoms in total. The predicted octanol–water partition coefficient (Wildman–Crippen LogP) is 2.05. The number of phenolic OH excluding ortho intramolecular Hbond substituents is 1. The molecule has 0 unspecified atom stereocenters. The first-order valence-corrected chi connectivity index (χ1v) is 6.73. The molecule has 3 N–H and O–H groups in total. The van der Waals surface area contributed by atoms with Gasteiger partial charge in [0, 0.05) is 18.7 Å². The Hall–Kier alpha value is -1.07. The Morgan fingerprint density at radius 3 is 2.72 bits per heavy atom. The predicted molar refractivity (Wildman–Crippen MR) is 71.5 cm³/mol. The summed E-state index contributed by atoms with van der Waals surface area (Å²) in [4.78, 5) is 11.9. The lowest BCUT2D eigenvalue weighted by molar-refractivity contribution is 0.0940. The van der Waals surface area contributed by atoms with Crippen molar-refractivity contribution in [2.75, 3.05) is 13.2 Å². The number of amides is 1. The van der Waals surface area contributed by atoms with Crippen molar-refractivity contribution in [1.82, 2.24) is 5.32 Å². The molecule has 18 heavy (non-hydrogen) atoms. The van der Waals surface area contributed by atoms with E-state index >= 15 is 0 Å². The van der Waals surface area contributed by atoms with E-state index in [1.54, 1.807) is 12.1 Å². The molecule has 0 saturated heterocycles. The van der Waals surface area contributed by atoms with Crippen molar-refractivity contribution in [1.29, 1.82) is 0 Å². The third-order valence-corrected chi connectivity index (χ3v) is 4.10. The van der Waals surface area contributed by atoms with Crippen LogP contribution in [0.25, 0.3) is 0 Å². The minimum atomic E-state index is -0.193. The summed E-state index contributed by atoms with van der Waals surface area (Å²) in [5.41, 5.74) is 0.539. The molecule has 1 aliphatic carbocycles. The van der Waals surface area contributed by atoms with Crippen LogP contribution in [0, 0.1) is 5.41 Å². The summed E-state index contributed by atoms with van der Waals surface area (Å²) in [5.74, 6) is -0.138. The summed E-state index contributed by atoms with van der Waals surface area (Å²) in [6, 6.07) is 4.74. The zero-order valence-corrected chi connectivity index (χ0v) is 11.5. The molecule has 1 amide bonds. The molecule has 0 atom stereocenters. The van der Waals surface area contributed by atoms with Gasteiger partial charge in [0.1, 0.15) is 5.75 Å². The molecule has 0 radical (unpaired) electrons. The van der Waals surface area contributed by atoms with Gasteiger partial charge in [0.15, 0.2) is 0 Å². The summed E-state index contributed by atoms with van der Waals surface area (Å²) in [6.07, 6.45) is 2.84. The fraction of sp³-hybridized carbons (Fsp3) is 0.462. The van der Waals surface area contributed by atoms with Crippen molar-refractivity contribution in [3.05, 3.63) is 28.2 Å². The molecule has 1 aliphatic rings. The first-order chi connectivity index (χ1) is 8.56. The highest BCUT2D eigenvalue weighted by Crippen LogP contribution is 2.47. The summed E-state index contributed by atoms with van der Waals surface area (Å²) >= 11 is 3.17. The Balaban J connectivity index is 1.93. The van der Waals surface area contributed by atoms with Crippen LogP contribution in [-0.2, 0) is 0 Å². The molecule has 5 heteroatoms. The Bertz CT molecular complexity index is 458. The third kappa shape index (κ3) is 3.03. The molecule has 1 aromatic rings. The molecule has 1 fully saturated rings. The second kappa shape index (κ2) is 5.28. The van der Waals surface area contributed by atoms with Crippen molar-refractivity contribution >= 4 is 21.8 Å². The van der Waals surface area contributed by atoms with E-state index in [1.807, 2.05) is 0 Å². The maximum absolute atomic E-state index is 11.9. The molecule has 1 aromatic carbocycles. The summed E-state index contributed by atoms with van der Waals surface area (Å²) < 4.78 is 0.568. The van der Waals surface area contributed by atoms with E-state index in [1.165, 1.54) is 6.07 Å². The molecule has 0 heterocycles. The summed E-state index contributed by atoms with van der Waals surface area (Å²) in [7, 11) is 0. The van der Waals surface area contributed by atoms with Gasteiger partial charge in [0.25, 0.3) is 5.91 Å². The van der Waals surface area contributed by atoms with Crippen LogP contribution < -0.4 is 5.32 Å². The van der Waals surface area contributed by atoms with Crippen molar-refractivity contribution < 1.29 is 15.0 Å². The number of aliphatic hydroxyl groups is 1. The van der Waals surface area contributed by atoms with Crippen LogP contribution in [0.2, 0.25) is 0 Å². The van der Waals surface area contributed by atoms with Gasteiger partial charge in [-0.3, -0.25) is 4.79 Å². The fourth-order valence-corrected chi connectivity index (χ4v) is 2.20. The van der Waals surface area contributed by atoms with Crippen molar-refractivity contribution in [2.45, 2.75) is 19.3 Å². The highest BCUT2D eigenvalue weighted by atomic mass is 79.9. The van der Waals surface area contributed by atoms with Crippen molar-refractivity contribution in [2.24, 2.45) is 5.41 Å². The quantitative estimate of drug-likeness (QED) is 0.779. The second-order valence-corrected chi connectivity index (χ2v) is 5.68. The fourth-order valence-electron chi connectivity index (χ4n) is 1.95.